The van der Waals surface area contributed by atoms with Crippen molar-refractivity contribution in [2.45, 2.75) is 25.3 Å². The number of rotatable bonds is 20. The fourth-order valence-electron chi connectivity index (χ4n) is 5.35. The second kappa shape index (κ2) is 22.5. The molecule has 0 aliphatic heterocycles. The number of nitrogens with zero attached hydrogens (tertiary/aromatic N) is 1. The molecule has 14 heteroatoms. The first-order valence-electron chi connectivity index (χ1n) is 18.0. The highest BCUT2D eigenvalue weighted by Crippen LogP contribution is 2.27. The standard InChI is InChI=1S/C42H44N6O4S4/c1-30(49)46-34-18-13-32(14-19-34)8-7-25-53-38-11-5-3-9-36(38)45-28-40(51)43-23-26-54-55-27-24-44-41(52)29-48-37-10-4-6-12-39(37)56-42(48)22-17-33-15-20-35(21-16-33)47-31(2)50/h3-22,45H,23-29H2,1-2H3,(H3,43,44,46,49,51,52)/p+1. The lowest BCUT2D eigenvalue weighted by atomic mass is 10.2. The van der Waals surface area contributed by atoms with Gasteiger partial charge < -0.3 is 26.6 Å². The van der Waals surface area contributed by atoms with Crippen LogP contribution in [-0.4, -0.2) is 60.5 Å². The molecule has 0 atom stereocenters. The average molecular weight is 826 g/mol. The van der Waals surface area contributed by atoms with Gasteiger partial charge in [0.15, 0.2) is 0 Å². The Morgan fingerprint density at radius 3 is 1.93 bits per heavy atom. The molecule has 290 valence electrons. The second-order valence-electron chi connectivity index (χ2n) is 12.3. The Balaban J connectivity index is 0.961. The maximum Gasteiger partial charge on any atom is 0.286 e. The molecule has 0 aliphatic rings. The molecule has 4 aromatic carbocycles. The minimum atomic E-state index is -0.110. The highest BCUT2D eigenvalue weighted by molar-refractivity contribution is 8.76. The number of thiazole rings is 1. The maximum atomic E-state index is 13.0. The third-order valence-electron chi connectivity index (χ3n) is 7.89. The molecule has 5 aromatic rings. The highest BCUT2D eigenvalue weighted by atomic mass is 33.1. The van der Waals surface area contributed by atoms with E-state index in [1.54, 1.807) is 44.7 Å². The quantitative estimate of drug-likeness (QED) is 0.0233. The first-order chi connectivity index (χ1) is 27.2. The third kappa shape index (κ3) is 14.2. The number of benzene rings is 4. The minimum Gasteiger partial charge on any atom is -0.375 e. The van der Waals surface area contributed by atoms with Crippen molar-refractivity contribution in [1.82, 2.24) is 10.6 Å². The zero-order chi connectivity index (χ0) is 39.5. The number of carbonyl (C=O) groups is 4. The lowest BCUT2D eigenvalue weighted by molar-refractivity contribution is -0.655. The summed E-state index contributed by atoms with van der Waals surface area (Å²) in [5, 5.41) is 15.8. The monoisotopic (exact) mass is 825 g/mol. The van der Waals surface area contributed by atoms with E-state index in [2.05, 4.69) is 38.7 Å². The number of aromatic nitrogens is 1. The van der Waals surface area contributed by atoms with Crippen LogP contribution in [0.15, 0.2) is 108 Å². The molecule has 4 amide bonds. The average Bonchev–Trinajstić information content (AvgIpc) is 3.53. The van der Waals surface area contributed by atoms with Crippen LogP contribution in [0.2, 0.25) is 0 Å². The summed E-state index contributed by atoms with van der Waals surface area (Å²) in [7, 11) is 3.33. The van der Waals surface area contributed by atoms with Crippen LogP contribution < -0.4 is 31.2 Å². The fraction of sp³-hybridized carbons (Fsp3) is 0.214. The van der Waals surface area contributed by atoms with E-state index in [0.29, 0.717) is 13.1 Å². The summed E-state index contributed by atoms with van der Waals surface area (Å²) in [6, 6.07) is 31.3. The number of hydrogen-bond acceptors (Lipinski definition) is 9. The molecule has 0 unspecified atom stereocenters. The number of amides is 4. The number of para-hydroxylation sites is 2. The van der Waals surface area contributed by atoms with Crippen LogP contribution in [0.3, 0.4) is 0 Å². The van der Waals surface area contributed by atoms with Gasteiger partial charge in [0.2, 0.25) is 29.8 Å². The zero-order valence-electron chi connectivity index (χ0n) is 31.2. The van der Waals surface area contributed by atoms with Crippen molar-refractivity contribution in [3.05, 3.63) is 119 Å². The van der Waals surface area contributed by atoms with Crippen LogP contribution in [0, 0.1) is 0 Å². The lowest BCUT2D eigenvalue weighted by Crippen LogP contribution is -2.44. The smallest absolute Gasteiger partial charge is 0.286 e. The Morgan fingerprint density at radius 2 is 1.27 bits per heavy atom. The van der Waals surface area contributed by atoms with Crippen molar-refractivity contribution in [3.63, 3.8) is 0 Å². The van der Waals surface area contributed by atoms with E-state index in [4.69, 9.17) is 0 Å². The van der Waals surface area contributed by atoms with Gasteiger partial charge in [-0.1, -0.05) is 93.6 Å². The van der Waals surface area contributed by atoms with Gasteiger partial charge in [0, 0.05) is 78.3 Å². The molecule has 5 rings (SSSR count). The van der Waals surface area contributed by atoms with Crippen LogP contribution >= 0.6 is 44.7 Å². The summed E-state index contributed by atoms with van der Waals surface area (Å²) in [5.74, 6) is 1.93. The molecule has 0 bridgehead atoms. The molecule has 0 fully saturated rings. The lowest BCUT2D eigenvalue weighted by Gasteiger charge is -2.11. The fourth-order valence-corrected chi connectivity index (χ4v) is 9.07. The van der Waals surface area contributed by atoms with Crippen molar-refractivity contribution in [2.24, 2.45) is 0 Å². The van der Waals surface area contributed by atoms with E-state index in [0.717, 1.165) is 65.6 Å². The number of carbonyl (C=O) groups excluding carboxylic acids is 4. The minimum absolute atomic E-state index is 0.0545. The van der Waals surface area contributed by atoms with Crippen molar-refractivity contribution in [1.29, 1.82) is 0 Å². The maximum absolute atomic E-state index is 13.0. The SMILES string of the molecule is CC(=O)Nc1ccc(C=CCSc2ccccc2NCC(=O)NCCSSCCNC(=O)C[n+]2c(C=Cc3ccc(NC(C)=O)cc3)sc3ccccc32)cc1. The molecule has 5 N–H and O–H groups in total. The number of hydrogen-bond donors (Lipinski definition) is 5. The van der Waals surface area contributed by atoms with E-state index in [1.165, 1.54) is 13.8 Å². The van der Waals surface area contributed by atoms with Crippen LogP contribution in [0.1, 0.15) is 30.0 Å². The van der Waals surface area contributed by atoms with Gasteiger partial charge >= 0.3 is 0 Å². The van der Waals surface area contributed by atoms with E-state index >= 15 is 0 Å². The molecule has 56 heavy (non-hydrogen) atoms. The first kappa shape index (κ1) is 42.1. The summed E-state index contributed by atoms with van der Waals surface area (Å²) in [6.45, 7) is 4.46. The van der Waals surface area contributed by atoms with Gasteiger partial charge in [-0.15, -0.1) is 11.8 Å². The normalized spacial score (nSPS) is 11.2. The van der Waals surface area contributed by atoms with Gasteiger partial charge in [0.25, 0.3) is 10.9 Å². The molecule has 0 saturated heterocycles. The molecular formula is C42H45N6O4S4+. The van der Waals surface area contributed by atoms with E-state index < -0.39 is 0 Å². The second-order valence-corrected chi connectivity index (χ2v) is 17.2. The summed E-state index contributed by atoms with van der Waals surface area (Å²) < 4.78 is 3.14. The van der Waals surface area contributed by atoms with Gasteiger partial charge in [0.05, 0.1) is 6.54 Å². The van der Waals surface area contributed by atoms with Gasteiger partial charge in [-0.05, 0) is 59.7 Å². The molecule has 0 spiro atoms. The summed E-state index contributed by atoms with van der Waals surface area (Å²) >= 11 is 3.31. The van der Waals surface area contributed by atoms with Crippen LogP contribution in [0.5, 0.6) is 0 Å². The van der Waals surface area contributed by atoms with E-state index in [-0.39, 0.29) is 36.7 Å². The number of nitrogens with one attached hydrogen (secondary N) is 5. The van der Waals surface area contributed by atoms with Crippen LogP contribution in [0.4, 0.5) is 17.1 Å². The Hall–Kier alpha value is -5.02. The van der Waals surface area contributed by atoms with E-state index in [1.807, 2.05) is 114 Å². The molecule has 1 heterocycles. The molecule has 0 radical (unpaired) electrons. The topological polar surface area (TPSA) is 132 Å². The number of anilines is 3. The molecule has 1 aromatic heterocycles. The van der Waals surface area contributed by atoms with Gasteiger partial charge in [-0.2, -0.15) is 4.57 Å². The Labute approximate surface area is 343 Å². The largest absolute Gasteiger partial charge is 0.375 e. The molecule has 0 saturated carbocycles. The predicted octanol–water partition coefficient (Wildman–Crippen LogP) is 7.81. The van der Waals surface area contributed by atoms with E-state index in [9.17, 15) is 19.2 Å². The summed E-state index contributed by atoms with van der Waals surface area (Å²) in [6.07, 6.45) is 8.16. The van der Waals surface area contributed by atoms with Gasteiger partial charge in [-0.3, -0.25) is 19.2 Å². The van der Waals surface area contributed by atoms with Gasteiger partial charge in [0.1, 0.15) is 4.70 Å². The van der Waals surface area contributed by atoms with Gasteiger partial charge in [-0.25, -0.2) is 0 Å². The van der Waals surface area contributed by atoms with Crippen molar-refractivity contribution in [3.8, 4) is 0 Å². The van der Waals surface area contributed by atoms with Crippen molar-refractivity contribution in [2.75, 3.05) is 52.8 Å². The predicted molar refractivity (Wildman–Crippen MR) is 238 cm³/mol. The Morgan fingerprint density at radius 1 is 0.679 bits per heavy atom. The van der Waals surface area contributed by atoms with Crippen molar-refractivity contribution < 1.29 is 23.7 Å². The summed E-state index contributed by atoms with van der Waals surface area (Å²) in [5.41, 5.74) is 5.48. The molecular weight excluding hydrogens is 781 g/mol. The highest BCUT2D eigenvalue weighted by Gasteiger charge is 2.21. The van der Waals surface area contributed by atoms with Crippen LogP contribution in [0.25, 0.3) is 28.4 Å². The first-order valence-corrected chi connectivity index (χ1v) is 22.3. The Kier molecular flexibility index (Phi) is 16.9. The molecule has 10 nitrogen and oxygen atoms in total. The number of thioether (sulfide) groups is 1. The Bertz CT molecular complexity index is 2150. The zero-order valence-corrected chi connectivity index (χ0v) is 34.5. The third-order valence-corrected chi connectivity index (χ3v) is 12.5. The number of fused-ring (bicyclic) bond motifs is 1. The van der Waals surface area contributed by atoms with Crippen LogP contribution in [-0.2, 0) is 25.7 Å². The summed E-state index contributed by atoms with van der Waals surface area (Å²) in [4.78, 5) is 49.1. The van der Waals surface area contributed by atoms with Crippen molar-refractivity contribution >= 4 is 114 Å². The molecule has 0 aliphatic carbocycles.